The Morgan fingerprint density at radius 2 is 1.97 bits per heavy atom. The van der Waals surface area contributed by atoms with Gasteiger partial charge in [0.15, 0.2) is 5.96 Å². The molecule has 0 saturated carbocycles. The van der Waals surface area contributed by atoms with Gasteiger partial charge in [0.1, 0.15) is 6.10 Å². The molecule has 2 saturated heterocycles. The van der Waals surface area contributed by atoms with E-state index in [0.717, 1.165) is 50.8 Å². The summed E-state index contributed by atoms with van der Waals surface area (Å²) in [5.41, 5.74) is 1.09. The molecule has 3 heterocycles. The van der Waals surface area contributed by atoms with Crippen LogP contribution < -0.4 is 5.32 Å². The molecular formula is C21H39IN6O2. The first-order valence-electron chi connectivity index (χ1n) is 10.8. The van der Waals surface area contributed by atoms with Crippen LogP contribution in [0.1, 0.15) is 46.3 Å². The molecule has 3 rings (SSSR count). The molecule has 0 radical (unpaired) electrons. The Hall–Kier alpha value is -0.910. The molecule has 0 bridgehead atoms. The van der Waals surface area contributed by atoms with Crippen molar-refractivity contribution >= 4 is 29.9 Å². The van der Waals surface area contributed by atoms with Crippen LogP contribution in [-0.2, 0) is 16.5 Å². The summed E-state index contributed by atoms with van der Waals surface area (Å²) in [4.78, 5) is 9.86. The molecule has 172 valence electrons. The van der Waals surface area contributed by atoms with Gasteiger partial charge in [-0.05, 0) is 34.6 Å². The van der Waals surface area contributed by atoms with Crippen LogP contribution in [0.3, 0.4) is 0 Å². The quantitative estimate of drug-likeness (QED) is 0.355. The highest BCUT2D eigenvalue weighted by Crippen LogP contribution is 2.23. The normalized spacial score (nSPS) is 26.4. The Morgan fingerprint density at radius 3 is 2.57 bits per heavy atom. The van der Waals surface area contributed by atoms with Gasteiger partial charge in [-0.25, -0.2) is 0 Å². The van der Waals surface area contributed by atoms with Crippen molar-refractivity contribution in [1.82, 2.24) is 24.9 Å². The Balaban J connectivity index is 0.00000320. The summed E-state index contributed by atoms with van der Waals surface area (Å²) in [5, 5.41) is 7.77. The van der Waals surface area contributed by atoms with Gasteiger partial charge in [0.25, 0.3) is 0 Å². The first-order valence-corrected chi connectivity index (χ1v) is 10.8. The van der Waals surface area contributed by atoms with Crippen LogP contribution in [0.15, 0.2) is 17.4 Å². The van der Waals surface area contributed by atoms with Gasteiger partial charge in [0.2, 0.25) is 0 Å². The lowest BCUT2D eigenvalue weighted by Gasteiger charge is -2.44. The van der Waals surface area contributed by atoms with Crippen molar-refractivity contribution in [3.8, 4) is 0 Å². The maximum absolute atomic E-state index is 6.00. The zero-order valence-corrected chi connectivity index (χ0v) is 21.6. The van der Waals surface area contributed by atoms with Gasteiger partial charge < -0.3 is 19.7 Å². The molecule has 3 atom stereocenters. The summed E-state index contributed by atoms with van der Waals surface area (Å²) in [6.07, 6.45) is 4.46. The highest BCUT2D eigenvalue weighted by Gasteiger charge is 2.33. The van der Waals surface area contributed by atoms with Crippen LogP contribution in [0.2, 0.25) is 0 Å². The molecule has 1 aromatic rings. The third-order valence-corrected chi connectivity index (χ3v) is 5.69. The summed E-state index contributed by atoms with van der Waals surface area (Å²) >= 11 is 0. The van der Waals surface area contributed by atoms with Crippen molar-refractivity contribution in [3.63, 3.8) is 0 Å². The zero-order chi connectivity index (χ0) is 21.0. The fourth-order valence-electron chi connectivity index (χ4n) is 4.12. The highest BCUT2D eigenvalue weighted by atomic mass is 127. The van der Waals surface area contributed by atoms with E-state index in [2.05, 4.69) is 54.8 Å². The van der Waals surface area contributed by atoms with E-state index in [1.807, 2.05) is 24.1 Å². The third kappa shape index (κ3) is 6.54. The van der Waals surface area contributed by atoms with Gasteiger partial charge in [0.05, 0.1) is 38.1 Å². The second-order valence-electron chi connectivity index (χ2n) is 8.90. The Morgan fingerprint density at radius 1 is 1.27 bits per heavy atom. The Kier molecular flexibility index (Phi) is 9.38. The summed E-state index contributed by atoms with van der Waals surface area (Å²) < 4.78 is 13.7. The first kappa shape index (κ1) is 25.4. The summed E-state index contributed by atoms with van der Waals surface area (Å²) in [5.74, 6) is 0.965. The van der Waals surface area contributed by atoms with Gasteiger partial charge in [-0.1, -0.05) is 0 Å². The van der Waals surface area contributed by atoms with E-state index >= 15 is 0 Å². The number of rotatable bonds is 5. The van der Waals surface area contributed by atoms with Crippen LogP contribution in [0.4, 0.5) is 0 Å². The number of nitrogens with one attached hydrogen (secondary N) is 1. The fraction of sp³-hybridized carbons (Fsp3) is 0.810. The lowest BCUT2D eigenvalue weighted by atomic mass is 10.0. The minimum absolute atomic E-state index is 0. The molecule has 0 aliphatic carbocycles. The van der Waals surface area contributed by atoms with E-state index in [9.17, 15) is 0 Å². The average molecular weight is 534 g/mol. The smallest absolute Gasteiger partial charge is 0.194 e. The second-order valence-corrected chi connectivity index (χ2v) is 8.90. The zero-order valence-electron chi connectivity index (χ0n) is 19.3. The topological polar surface area (TPSA) is 67.2 Å². The summed E-state index contributed by atoms with van der Waals surface area (Å²) in [7, 11) is 1.94. The number of ether oxygens (including phenoxy) is 2. The molecule has 0 spiro atoms. The number of morpholine rings is 2. The first-order chi connectivity index (χ1) is 13.8. The molecule has 0 aromatic carbocycles. The monoisotopic (exact) mass is 534 g/mol. The molecule has 1 aromatic heterocycles. The maximum Gasteiger partial charge on any atom is 0.194 e. The van der Waals surface area contributed by atoms with Gasteiger partial charge in [-0.2, -0.15) is 5.10 Å². The third-order valence-electron chi connectivity index (χ3n) is 5.69. The van der Waals surface area contributed by atoms with Gasteiger partial charge in [-0.3, -0.25) is 14.6 Å². The molecule has 2 aliphatic heterocycles. The molecule has 2 fully saturated rings. The molecule has 0 amide bonds. The van der Waals surface area contributed by atoms with Crippen LogP contribution in [0.5, 0.6) is 0 Å². The maximum atomic E-state index is 6.00. The average Bonchev–Trinajstić information content (AvgIpc) is 3.11. The standard InChI is InChI=1S/C21H38N6O2.HI/c1-7-22-20(23-15-21(4,5)27-11-16(2)29-17(3)12-27)26-8-9-28-19(14-26)18-10-24-25(6)13-18;/h10,13,16-17,19H,7-9,11-12,14-15H2,1-6H3,(H,22,23);1H. The lowest BCUT2D eigenvalue weighted by Crippen LogP contribution is -2.56. The molecule has 30 heavy (non-hydrogen) atoms. The molecule has 3 unspecified atom stereocenters. The van der Waals surface area contributed by atoms with Crippen molar-refractivity contribution in [2.75, 3.05) is 45.9 Å². The van der Waals surface area contributed by atoms with Gasteiger partial charge >= 0.3 is 0 Å². The predicted molar refractivity (Wildman–Crippen MR) is 131 cm³/mol. The van der Waals surface area contributed by atoms with E-state index in [0.29, 0.717) is 6.61 Å². The van der Waals surface area contributed by atoms with Gasteiger partial charge in [-0.15, -0.1) is 24.0 Å². The van der Waals surface area contributed by atoms with Crippen molar-refractivity contribution in [3.05, 3.63) is 18.0 Å². The molecule has 1 N–H and O–H groups in total. The van der Waals surface area contributed by atoms with Crippen LogP contribution >= 0.6 is 24.0 Å². The SMILES string of the molecule is CCNC(=NCC(C)(C)N1CC(C)OC(C)C1)N1CCOC(c2cnn(C)c2)C1.I. The van der Waals surface area contributed by atoms with Crippen LogP contribution in [-0.4, -0.2) is 89.2 Å². The second kappa shape index (κ2) is 11.1. The fourth-order valence-corrected chi connectivity index (χ4v) is 4.12. The van der Waals surface area contributed by atoms with Gasteiger partial charge in [0, 0.05) is 50.5 Å². The molecule has 8 nitrogen and oxygen atoms in total. The number of guanidine groups is 1. The number of aryl methyl sites for hydroxylation is 1. The number of halogens is 1. The molecular weight excluding hydrogens is 495 g/mol. The van der Waals surface area contributed by atoms with Crippen molar-refractivity contribution in [2.24, 2.45) is 12.0 Å². The van der Waals surface area contributed by atoms with Crippen molar-refractivity contribution in [2.45, 2.75) is 58.5 Å². The number of aliphatic imine (C=N–C) groups is 1. The predicted octanol–water partition coefficient (Wildman–Crippen LogP) is 2.26. The van der Waals surface area contributed by atoms with E-state index in [1.54, 1.807) is 0 Å². The van der Waals surface area contributed by atoms with E-state index in [-0.39, 0.29) is 47.8 Å². The number of hydrogen-bond acceptors (Lipinski definition) is 5. The number of nitrogens with zero attached hydrogens (tertiary/aromatic N) is 5. The largest absolute Gasteiger partial charge is 0.373 e. The number of hydrogen-bond donors (Lipinski definition) is 1. The lowest BCUT2D eigenvalue weighted by molar-refractivity contribution is -0.0939. The van der Waals surface area contributed by atoms with E-state index in [1.165, 1.54) is 0 Å². The van der Waals surface area contributed by atoms with E-state index in [4.69, 9.17) is 14.5 Å². The summed E-state index contributed by atoms with van der Waals surface area (Å²) in [6.45, 7) is 16.8. The van der Waals surface area contributed by atoms with E-state index < -0.39 is 0 Å². The Labute approximate surface area is 198 Å². The van der Waals surface area contributed by atoms with Crippen molar-refractivity contribution < 1.29 is 9.47 Å². The Bertz CT molecular complexity index is 685. The molecule has 9 heteroatoms. The van der Waals surface area contributed by atoms with Crippen molar-refractivity contribution in [1.29, 1.82) is 0 Å². The molecule has 2 aliphatic rings. The minimum atomic E-state index is -0.0258. The minimum Gasteiger partial charge on any atom is -0.373 e. The summed E-state index contributed by atoms with van der Waals surface area (Å²) in [6, 6.07) is 0. The highest BCUT2D eigenvalue weighted by molar-refractivity contribution is 14.0. The van der Waals surface area contributed by atoms with Crippen LogP contribution in [0.25, 0.3) is 0 Å². The van der Waals surface area contributed by atoms with Crippen LogP contribution in [0, 0.1) is 0 Å². The number of aromatic nitrogens is 2.